The van der Waals surface area contributed by atoms with Crippen LogP contribution in [0.4, 0.5) is 13.2 Å². The van der Waals surface area contributed by atoms with Gasteiger partial charge in [-0.15, -0.1) is 0 Å². The number of nitrogens with two attached hydrogens (primary N) is 1. The van der Waals surface area contributed by atoms with Gasteiger partial charge >= 0.3 is 6.18 Å². The molecule has 0 radical (unpaired) electrons. The zero-order valence-electron chi connectivity index (χ0n) is 9.04. The van der Waals surface area contributed by atoms with Gasteiger partial charge in [-0.25, -0.2) is 4.98 Å². The highest BCUT2D eigenvalue weighted by Gasteiger charge is 2.53. The third kappa shape index (κ3) is 1.68. The molecule has 1 fully saturated rings. The molecule has 2 N–H and O–H groups in total. The molecule has 0 amide bonds. The molecule has 0 saturated heterocycles. The van der Waals surface area contributed by atoms with Crippen molar-refractivity contribution >= 4 is 0 Å². The van der Waals surface area contributed by atoms with Crippen molar-refractivity contribution in [2.24, 2.45) is 12.8 Å². The molecule has 1 aromatic rings. The van der Waals surface area contributed by atoms with Crippen molar-refractivity contribution in [2.75, 3.05) is 0 Å². The predicted molar refractivity (Wildman–Crippen MR) is 50.6 cm³/mol. The summed E-state index contributed by atoms with van der Waals surface area (Å²) in [7, 11) is 1.44. The Morgan fingerprint density at radius 2 is 1.94 bits per heavy atom. The maximum Gasteiger partial charge on any atom is 0.413 e. The molecule has 90 valence electrons. The van der Waals surface area contributed by atoms with E-state index in [1.54, 1.807) is 0 Å². The van der Waals surface area contributed by atoms with Gasteiger partial charge in [0, 0.05) is 13.0 Å². The molecule has 1 aliphatic rings. The van der Waals surface area contributed by atoms with Crippen LogP contribution >= 0.6 is 0 Å². The molecule has 1 atom stereocenters. The van der Waals surface area contributed by atoms with E-state index in [2.05, 4.69) is 10.1 Å². The Morgan fingerprint density at radius 3 is 2.38 bits per heavy atom. The van der Waals surface area contributed by atoms with Gasteiger partial charge in [-0.3, -0.25) is 4.68 Å². The fourth-order valence-electron chi connectivity index (χ4n) is 1.50. The van der Waals surface area contributed by atoms with E-state index in [9.17, 15) is 13.2 Å². The van der Waals surface area contributed by atoms with Crippen molar-refractivity contribution in [2.45, 2.75) is 37.4 Å². The Morgan fingerprint density at radius 1 is 1.38 bits per heavy atom. The van der Waals surface area contributed by atoms with E-state index >= 15 is 0 Å². The summed E-state index contributed by atoms with van der Waals surface area (Å²) in [5.74, 6) is 0.448. The minimum absolute atomic E-state index is 0.212. The molecule has 0 spiro atoms. The molecule has 1 unspecified atom stereocenters. The summed E-state index contributed by atoms with van der Waals surface area (Å²) in [6.07, 6.45) is -2.65. The fraction of sp³-hybridized carbons (Fsp3) is 0.778. The highest BCUT2D eigenvalue weighted by Crippen LogP contribution is 2.40. The van der Waals surface area contributed by atoms with Crippen LogP contribution in [0.15, 0.2) is 0 Å². The third-order valence-corrected chi connectivity index (χ3v) is 2.78. The first-order valence-corrected chi connectivity index (χ1v) is 5.00. The average molecular weight is 234 g/mol. The van der Waals surface area contributed by atoms with E-state index < -0.39 is 11.7 Å². The van der Waals surface area contributed by atoms with Gasteiger partial charge in [-0.2, -0.15) is 18.3 Å². The molecular formula is C9H13F3N4. The van der Waals surface area contributed by atoms with Gasteiger partial charge < -0.3 is 5.73 Å². The Bertz CT molecular complexity index is 403. The van der Waals surface area contributed by atoms with E-state index in [1.165, 1.54) is 7.05 Å². The molecule has 2 rings (SSSR count). The van der Waals surface area contributed by atoms with Crippen molar-refractivity contribution in [1.29, 1.82) is 0 Å². The number of alkyl halides is 3. The minimum atomic E-state index is -4.53. The van der Waals surface area contributed by atoms with Crippen molar-refractivity contribution in [3.63, 3.8) is 0 Å². The third-order valence-electron chi connectivity index (χ3n) is 2.78. The highest BCUT2D eigenvalue weighted by atomic mass is 19.4. The summed E-state index contributed by atoms with van der Waals surface area (Å²) < 4.78 is 39.3. The van der Waals surface area contributed by atoms with Crippen molar-refractivity contribution in [1.82, 2.24) is 14.8 Å². The second-order valence-electron chi connectivity index (χ2n) is 4.39. The molecule has 4 nitrogen and oxygen atoms in total. The van der Waals surface area contributed by atoms with Crippen LogP contribution in [0.5, 0.6) is 0 Å². The zero-order chi connectivity index (χ0) is 12.1. The maximum absolute atomic E-state index is 12.7. The van der Waals surface area contributed by atoms with E-state index in [4.69, 9.17) is 5.73 Å². The highest BCUT2D eigenvalue weighted by molar-refractivity contribution is 5.13. The lowest BCUT2D eigenvalue weighted by Gasteiger charge is -2.25. The van der Waals surface area contributed by atoms with E-state index in [0.29, 0.717) is 5.82 Å². The van der Waals surface area contributed by atoms with Crippen molar-refractivity contribution in [3.05, 3.63) is 11.6 Å². The summed E-state index contributed by atoms with van der Waals surface area (Å²) in [5.41, 5.74) is 2.85. The molecule has 1 heterocycles. The monoisotopic (exact) mass is 234 g/mol. The van der Waals surface area contributed by atoms with Crippen LogP contribution in [-0.2, 0) is 12.6 Å². The lowest BCUT2D eigenvalue weighted by Crippen LogP contribution is -2.49. The first kappa shape index (κ1) is 11.4. The van der Waals surface area contributed by atoms with Crippen molar-refractivity contribution < 1.29 is 13.2 Å². The van der Waals surface area contributed by atoms with Gasteiger partial charge in [0.15, 0.2) is 17.2 Å². The average Bonchev–Trinajstić information content (AvgIpc) is 2.88. The molecule has 0 aromatic carbocycles. The number of hydrogen-bond donors (Lipinski definition) is 1. The van der Waals surface area contributed by atoms with Crippen molar-refractivity contribution in [3.8, 4) is 0 Å². The Labute approximate surface area is 90.6 Å². The molecule has 1 aliphatic carbocycles. The van der Waals surface area contributed by atoms with E-state index in [1.807, 2.05) is 0 Å². The van der Waals surface area contributed by atoms with Gasteiger partial charge in [0.1, 0.15) is 0 Å². The quantitative estimate of drug-likeness (QED) is 0.842. The zero-order valence-corrected chi connectivity index (χ0v) is 9.04. The number of nitrogens with zero attached hydrogens (tertiary/aromatic N) is 3. The van der Waals surface area contributed by atoms with Crippen LogP contribution in [0.25, 0.3) is 0 Å². The van der Waals surface area contributed by atoms with Crippen LogP contribution in [0.1, 0.15) is 37.3 Å². The second-order valence-corrected chi connectivity index (χ2v) is 4.39. The summed E-state index contributed by atoms with van der Waals surface area (Å²) in [6, 6.07) is 0. The lowest BCUT2D eigenvalue weighted by atomic mass is 10.0. The summed E-state index contributed by atoms with van der Waals surface area (Å²) in [4.78, 5) is 3.92. The summed E-state index contributed by atoms with van der Waals surface area (Å²) in [5, 5.41) is 3.98. The predicted octanol–water partition coefficient (Wildman–Crippen LogP) is 1.43. The van der Waals surface area contributed by atoms with Crippen LogP contribution in [-0.4, -0.2) is 20.9 Å². The Kier molecular flexibility index (Phi) is 2.27. The van der Waals surface area contributed by atoms with E-state index in [-0.39, 0.29) is 11.7 Å². The first-order valence-electron chi connectivity index (χ1n) is 5.00. The molecule has 7 heteroatoms. The van der Waals surface area contributed by atoms with E-state index in [0.717, 1.165) is 24.4 Å². The number of rotatable bonds is 2. The summed E-state index contributed by atoms with van der Waals surface area (Å²) >= 11 is 0. The minimum Gasteiger partial charge on any atom is -0.311 e. The smallest absolute Gasteiger partial charge is 0.311 e. The second kappa shape index (κ2) is 3.19. The Hall–Kier alpha value is -1.11. The molecule has 16 heavy (non-hydrogen) atoms. The van der Waals surface area contributed by atoms with Crippen LogP contribution < -0.4 is 5.73 Å². The summed E-state index contributed by atoms with van der Waals surface area (Å²) in [6.45, 7) is 0.910. The molecular weight excluding hydrogens is 221 g/mol. The number of aryl methyl sites for hydroxylation is 1. The van der Waals surface area contributed by atoms with Gasteiger partial charge in [0.2, 0.25) is 0 Å². The topological polar surface area (TPSA) is 56.7 Å². The van der Waals surface area contributed by atoms with Gasteiger partial charge in [-0.1, -0.05) is 0 Å². The molecule has 1 saturated carbocycles. The standard InChI is InChI=1S/C9H13F3N4/c1-8(13,9(10,11)12)7-14-6(5-3-4-5)15-16(7)2/h5H,3-4,13H2,1-2H3. The molecule has 0 aliphatic heterocycles. The van der Waals surface area contributed by atoms with Crippen LogP contribution in [0, 0.1) is 0 Å². The molecule has 1 aromatic heterocycles. The molecule has 0 bridgehead atoms. The number of hydrogen-bond acceptors (Lipinski definition) is 3. The van der Waals surface area contributed by atoms with Gasteiger partial charge in [0.05, 0.1) is 0 Å². The SMILES string of the molecule is Cn1nc(C2CC2)nc1C(C)(N)C(F)(F)F. The fourth-order valence-corrected chi connectivity index (χ4v) is 1.50. The maximum atomic E-state index is 12.7. The van der Waals surface area contributed by atoms with Gasteiger partial charge in [-0.05, 0) is 19.8 Å². The lowest BCUT2D eigenvalue weighted by molar-refractivity contribution is -0.187. The van der Waals surface area contributed by atoms with Crippen LogP contribution in [0.2, 0.25) is 0 Å². The van der Waals surface area contributed by atoms with Gasteiger partial charge in [0.25, 0.3) is 0 Å². The normalized spacial score (nSPS) is 20.9. The first-order chi connectivity index (χ1) is 7.23. The Balaban J connectivity index is 2.39. The van der Waals surface area contributed by atoms with Crippen LogP contribution in [0.3, 0.4) is 0 Å². The largest absolute Gasteiger partial charge is 0.413 e. The number of aromatic nitrogens is 3. The number of halogens is 3.